The Balaban J connectivity index is 1.89. The highest BCUT2D eigenvalue weighted by atomic mass is 16.5. The molecular formula is C15H23NO2. The van der Waals surface area contributed by atoms with Crippen LogP contribution in [-0.2, 0) is 4.74 Å². The van der Waals surface area contributed by atoms with E-state index in [9.17, 15) is 0 Å². The number of rotatable bonds is 4. The molecule has 1 aliphatic heterocycles. The molecule has 100 valence electrons. The first-order valence-corrected chi connectivity index (χ1v) is 6.78. The lowest BCUT2D eigenvalue weighted by Gasteiger charge is -2.28. The summed E-state index contributed by atoms with van der Waals surface area (Å²) in [5.41, 5.74) is 1.16. The van der Waals surface area contributed by atoms with Crippen molar-refractivity contribution in [2.45, 2.75) is 51.9 Å². The first-order valence-electron chi connectivity index (χ1n) is 6.78. The van der Waals surface area contributed by atoms with Crippen molar-refractivity contribution in [1.29, 1.82) is 0 Å². The van der Waals surface area contributed by atoms with Crippen molar-refractivity contribution in [2.75, 3.05) is 11.9 Å². The molecule has 0 bridgehead atoms. The summed E-state index contributed by atoms with van der Waals surface area (Å²) < 4.78 is 11.2. The standard InChI is InChI=1S/C15H23NO2/c1-11(2)18-15-6-4-13(5-7-15)16-14-8-9-17-12(3)10-14/h4-7,11-12,14,16H,8-10H2,1-3H3. The monoisotopic (exact) mass is 249 g/mol. The molecule has 1 aliphatic rings. The number of hydrogen-bond donors (Lipinski definition) is 1. The SMILES string of the molecule is CC(C)Oc1ccc(NC2CCOC(C)C2)cc1. The molecule has 1 fully saturated rings. The molecule has 0 aromatic heterocycles. The molecule has 0 radical (unpaired) electrons. The van der Waals surface area contributed by atoms with E-state index in [4.69, 9.17) is 9.47 Å². The van der Waals surface area contributed by atoms with Gasteiger partial charge in [0.05, 0.1) is 12.2 Å². The van der Waals surface area contributed by atoms with Crippen LogP contribution in [0.2, 0.25) is 0 Å². The third-order valence-electron chi connectivity index (χ3n) is 3.08. The first-order chi connectivity index (χ1) is 8.63. The lowest BCUT2D eigenvalue weighted by molar-refractivity contribution is 0.0232. The minimum absolute atomic E-state index is 0.222. The highest BCUT2D eigenvalue weighted by Gasteiger charge is 2.18. The summed E-state index contributed by atoms with van der Waals surface area (Å²) in [5.74, 6) is 0.927. The van der Waals surface area contributed by atoms with E-state index in [-0.39, 0.29) is 6.10 Å². The third-order valence-corrected chi connectivity index (χ3v) is 3.08. The molecule has 1 aromatic carbocycles. The molecule has 2 atom stereocenters. The summed E-state index contributed by atoms with van der Waals surface area (Å²) in [5, 5.41) is 3.56. The Morgan fingerprint density at radius 1 is 1.28 bits per heavy atom. The van der Waals surface area contributed by atoms with Gasteiger partial charge < -0.3 is 14.8 Å². The van der Waals surface area contributed by atoms with E-state index in [2.05, 4.69) is 24.4 Å². The summed E-state index contributed by atoms with van der Waals surface area (Å²) in [6.07, 6.45) is 2.73. The Bertz CT molecular complexity index is 361. The molecule has 1 aromatic rings. The van der Waals surface area contributed by atoms with Gasteiger partial charge in [-0.2, -0.15) is 0 Å². The van der Waals surface area contributed by atoms with Crippen molar-refractivity contribution >= 4 is 5.69 Å². The fraction of sp³-hybridized carbons (Fsp3) is 0.600. The molecule has 2 rings (SSSR count). The van der Waals surface area contributed by atoms with Gasteiger partial charge in [0.1, 0.15) is 5.75 Å². The summed E-state index contributed by atoms with van der Waals surface area (Å²) in [6, 6.07) is 8.72. The molecule has 0 spiro atoms. The summed E-state index contributed by atoms with van der Waals surface area (Å²) in [4.78, 5) is 0. The number of anilines is 1. The molecule has 0 amide bonds. The molecule has 2 unspecified atom stereocenters. The topological polar surface area (TPSA) is 30.5 Å². The van der Waals surface area contributed by atoms with Gasteiger partial charge in [0.15, 0.2) is 0 Å². The van der Waals surface area contributed by atoms with Crippen molar-refractivity contribution in [1.82, 2.24) is 0 Å². The predicted octanol–water partition coefficient (Wildman–Crippen LogP) is 3.45. The Kier molecular flexibility index (Phi) is 4.48. The second-order valence-corrected chi connectivity index (χ2v) is 5.24. The maximum absolute atomic E-state index is 5.63. The van der Waals surface area contributed by atoms with E-state index in [0.717, 1.165) is 30.9 Å². The van der Waals surface area contributed by atoms with Crippen molar-refractivity contribution in [3.63, 3.8) is 0 Å². The van der Waals surface area contributed by atoms with Crippen LogP contribution in [0.15, 0.2) is 24.3 Å². The molecule has 18 heavy (non-hydrogen) atoms. The largest absolute Gasteiger partial charge is 0.491 e. The number of ether oxygens (including phenoxy) is 2. The minimum Gasteiger partial charge on any atom is -0.491 e. The van der Waals surface area contributed by atoms with Crippen LogP contribution in [0.3, 0.4) is 0 Å². The normalized spacial score (nSPS) is 24.0. The summed E-state index contributed by atoms with van der Waals surface area (Å²) in [6.45, 7) is 7.06. The Morgan fingerprint density at radius 3 is 2.61 bits per heavy atom. The second kappa shape index (κ2) is 6.10. The van der Waals surface area contributed by atoms with E-state index in [1.807, 2.05) is 26.0 Å². The van der Waals surface area contributed by atoms with Gasteiger partial charge in [0, 0.05) is 18.3 Å². The predicted molar refractivity (Wildman–Crippen MR) is 74.3 cm³/mol. The summed E-state index contributed by atoms with van der Waals surface area (Å²) >= 11 is 0. The van der Waals surface area contributed by atoms with Crippen LogP contribution in [0, 0.1) is 0 Å². The van der Waals surface area contributed by atoms with Crippen LogP contribution in [0.5, 0.6) is 5.75 Å². The average molecular weight is 249 g/mol. The van der Waals surface area contributed by atoms with Gasteiger partial charge in [-0.1, -0.05) is 0 Å². The van der Waals surface area contributed by atoms with Crippen LogP contribution in [0.4, 0.5) is 5.69 Å². The van der Waals surface area contributed by atoms with Crippen LogP contribution in [0.25, 0.3) is 0 Å². The number of nitrogens with one attached hydrogen (secondary N) is 1. The van der Waals surface area contributed by atoms with Crippen LogP contribution >= 0.6 is 0 Å². The lowest BCUT2D eigenvalue weighted by Crippen LogP contribution is -2.32. The quantitative estimate of drug-likeness (QED) is 0.886. The first kappa shape index (κ1) is 13.2. The lowest BCUT2D eigenvalue weighted by atomic mass is 10.0. The van der Waals surface area contributed by atoms with Crippen molar-refractivity contribution < 1.29 is 9.47 Å². The molecule has 1 N–H and O–H groups in total. The van der Waals surface area contributed by atoms with Gasteiger partial charge in [0.25, 0.3) is 0 Å². The molecule has 3 nitrogen and oxygen atoms in total. The molecule has 0 aliphatic carbocycles. The van der Waals surface area contributed by atoms with Gasteiger partial charge in [-0.3, -0.25) is 0 Å². The maximum atomic E-state index is 5.63. The van der Waals surface area contributed by atoms with E-state index < -0.39 is 0 Å². The van der Waals surface area contributed by atoms with E-state index in [1.165, 1.54) is 0 Å². The third kappa shape index (κ3) is 3.91. The Hall–Kier alpha value is -1.22. The average Bonchev–Trinajstić information content (AvgIpc) is 2.31. The highest BCUT2D eigenvalue weighted by molar-refractivity contribution is 5.47. The van der Waals surface area contributed by atoms with Crippen molar-refractivity contribution in [3.8, 4) is 5.75 Å². The van der Waals surface area contributed by atoms with Crippen molar-refractivity contribution in [3.05, 3.63) is 24.3 Å². The van der Waals surface area contributed by atoms with Crippen molar-refractivity contribution in [2.24, 2.45) is 0 Å². The van der Waals surface area contributed by atoms with E-state index >= 15 is 0 Å². The zero-order valence-electron chi connectivity index (χ0n) is 11.5. The minimum atomic E-state index is 0.222. The highest BCUT2D eigenvalue weighted by Crippen LogP contribution is 2.21. The zero-order valence-corrected chi connectivity index (χ0v) is 11.5. The fourth-order valence-electron chi connectivity index (χ4n) is 2.27. The second-order valence-electron chi connectivity index (χ2n) is 5.24. The van der Waals surface area contributed by atoms with Crippen LogP contribution in [0.1, 0.15) is 33.6 Å². The van der Waals surface area contributed by atoms with Gasteiger partial charge in [0.2, 0.25) is 0 Å². The van der Waals surface area contributed by atoms with Gasteiger partial charge in [-0.25, -0.2) is 0 Å². The zero-order chi connectivity index (χ0) is 13.0. The van der Waals surface area contributed by atoms with Crippen LogP contribution < -0.4 is 10.1 Å². The van der Waals surface area contributed by atoms with Gasteiger partial charge >= 0.3 is 0 Å². The number of hydrogen-bond acceptors (Lipinski definition) is 3. The van der Waals surface area contributed by atoms with Gasteiger partial charge in [-0.15, -0.1) is 0 Å². The van der Waals surface area contributed by atoms with E-state index in [0.29, 0.717) is 12.1 Å². The molecule has 1 saturated heterocycles. The molecule has 3 heteroatoms. The van der Waals surface area contributed by atoms with Gasteiger partial charge in [-0.05, 0) is 57.9 Å². The fourth-order valence-corrected chi connectivity index (χ4v) is 2.27. The maximum Gasteiger partial charge on any atom is 0.119 e. The Labute approximate surface area is 109 Å². The Morgan fingerprint density at radius 2 is 2.00 bits per heavy atom. The smallest absolute Gasteiger partial charge is 0.119 e. The molecule has 1 heterocycles. The number of benzene rings is 1. The van der Waals surface area contributed by atoms with Crippen LogP contribution in [-0.4, -0.2) is 24.9 Å². The van der Waals surface area contributed by atoms with E-state index in [1.54, 1.807) is 0 Å². The summed E-state index contributed by atoms with van der Waals surface area (Å²) in [7, 11) is 0. The molecular weight excluding hydrogens is 226 g/mol. The molecule has 0 saturated carbocycles.